The van der Waals surface area contributed by atoms with E-state index in [0.717, 1.165) is 22.9 Å². The van der Waals surface area contributed by atoms with Crippen LogP contribution in [0.5, 0.6) is 0 Å². The van der Waals surface area contributed by atoms with E-state index in [1.165, 1.54) is 22.8 Å². The molecule has 3 aromatic carbocycles. The highest BCUT2D eigenvalue weighted by Crippen LogP contribution is 2.23. The number of aryl methyl sites for hydroxylation is 2. The minimum absolute atomic E-state index is 0.0200. The molecule has 156 valence electrons. The molecule has 0 radical (unpaired) electrons. The molecule has 1 aromatic heterocycles. The quantitative estimate of drug-likeness (QED) is 0.360. The van der Waals surface area contributed by atoms with Gasteiger partial charge in [0, 0.05) is 5.69 Å². The van der Waals surface area contributed by atoms with Crippen molar-refractivity contribution in [3.05, 3.63) is 94.0 Å². The molecule has 4 rings (SSSR count). The molecule has 4 aromatic rings. The Morgan fingerprint density at radius 2 is 1.84 bits per heavy atom. The third-order valence-corrected chi connectivity index (χ3v) is 5.87. The number of carbonyl (C=O) groups is 1. The second-order valence-corrected chi connectivity index (χ2v) is 8.11. The lowest BCUT2D eigenvalue weighted by atomic mass is 10.1. The predicted molar refractivity (Wildman–Crippen MR) is 123 cm³/mol. The highest BCUT2D eigenvalue weighted by Gasteiger charge is 2.15. The molecule has 0 saturated heterocycles. The summed E-state index contributed by atoms with van der Waals surface area (Å²) in [6.07, 6.45) is 0. The van der Waals surface area contributed by atoms with Gasteiger partial charge in [-0.05, 0) is 67.4 Å². The van der Waals surface area contributed by atoms with Crippen molar-refractivity contribution in [1.29, 1.82) is 0 Å². The molecule has 0 spiro atoms. The van der Waals surface area contributed by atoms with Crippen LogP contribution in [0.15, 0.2) is 76.7 Å². The molecule has 0 aliphatic heterocycles. The number of thioether (sulfide) groups is 1. The summed E-state index contributed by atoms with van der Waals surface area (Å²) < 4.78 is 14.9. The number of anilines is 1. The number of rotatable bonds is 5. The van der Waals surface area contributed by atoms with Gasteiger partial charge in [-0.3, -0.25) is 14.2 Å². The summed E-state index contributed by atoms with van der Waals surface area (Å²) in [4.78, 5) is 30.4. The lowest BCUT2D eigenvalue weighted by Gasteiger charge is -2.14. The molecule has 0 saturated carbocycles. The van der Waals surface area contributed by atoms with Crippen LogP contribution in [0.2, 0.25) is 0 Å². The van der Waals surface area contributed by atoms with Crippen LogP contribution in [-0.2, 0) is 4.79 Å². The zero-order valence-electron chi connectivity index (χ0n) is 17.1. The minimum atomic E-state index is -0.426. The third-order valence-electron chi connectivity index (χ3n) is 4.93. The zero-order valence-corrected chi connectivity index (χ0v) is 17.9. The van der Waals surface area contributed by atoms with E-state index in [2.05, 4.69) is 10.3 Å². The van der Waals surface area contributed by atoms with E-state index in [9.17, 15) is 14.0 Å². The highest BCUT2D eigenvalue weighted by molar-refractivity contribution is 7.99. The second-order valence-electron chi connectivity index (χ2n) is 7.17. The predicted octanol–water partition coefficient (Wildman–Crippen LogP) is 4.87. The summed E-state index contributed by atoms with van der Waals surface area (Å²) >= 11 is 1.16. The van der Waals surface area contributed by atoms with Crippen LogP contribution in [0.3, 0.4) is 0 Å². The first-order valence-electron chi connectivity index (χ1n) is 9.70. The first kappa shape index (κ1) is 20.8. The van der Waals surface area contributed by atoms with Crippen LogP contribution in [-0.4, -0.2) is 21.2 Å². The first-order chi connectivity index (χ1) is 14.9. The summed E-state index contributed by atoms with van der Waals surface area (Å²) in [5.41, 5.74) is 3.62. The van der Waals surface area contributed by atoms with Gasteiger partial charge < -0.3 is 5.32 Å². The van der Waals surface area contributed by atoms with Crippen molar-refractivity contribution < 1.29 is 9.18 Å². The van der Waals surface area contributed by atoms with Gasteiger partial charge in [0.2, 0.25) is 5.91 Å². The van der Waals surface area contributed by atoms with Crippen LogP contribution < -0.4 is 10.9 Å². The smallest absolute Gasteiger partial charge is 0.266 e. The van der Waals surface area contributed by atoms with Crippen molar-refractivity contribution in [3.8, 4) is 5.69 Å². The Hall–Kier alpha value is -3.45. The number of amides is 1. The van der Waals surface area contributed by atoms with Crippen molar-refractivity contribution in [1.82, 2.24) is 9.55 Å². The van der Waals surface area contributed by atoms with Crippen LogP contribution >= 0.6 is 11.8 Å². The SMILES string of the molecule is Cc1ccc(-n2c(SCC(=O)Nc3cccc(F)c3)nc3ccccc3c2=O)cc1C. The Bertz CT molecular complexity index is 1350. The van der Waals surface area contributed by atoms with Crippen LogP contribution in [0.4, 0.5) is 10.1 Å². The van der Waals surface area contributed by atoms with Gasteiger partial charge in [0.15, 0.2) is 5.16 Å². The molecule has 0 aliphatic carbocycles. The van der Waals surface area contributed by atoms with E-state index in [1.54, 1.807) is 24.3 Å². The normalized spacial score (nSPS) is 10.9. The second kappa shape index (κ2) is 8.73. The molecular weight excluding hydrogens is 413 g/mol. The fourth-order valence-corrected chi connectivity index (χ4v) is 4.01. The molecule has 31 heavy (non-hydrogen) atoms. The Balaban J connectivity index is 1.69. The largest absolute Gasteiger partial charge is 0.325 e. The molecule has 1 N–H and O–H groups in total. The number of carbonyl (C=O) groups excluding carboxylic acids is 1. The van der Waals surface area contributed by atoms with Crippen molar-refractivity contribution in [2.24, 2.45) is 0 Å². The first-order valence-corrected chi connectivity index (χ1v) is 10.7. The highest BCUT2D eigenvalue weighted by atomic mass is 32.2. The maximum atomic E-state index is 13.4. The molecule has 0 atom stereocenters. The number of benzene rings is 3. The monoisotopic (exact) mass is 433 g/mol. The maximum Gasteiger partial charge on any atom is 0.266 e. The van der Waals surface area contributed by atoms with Crippen molar-refractivity contribution in [2.75, 3.05) is 11.1 Å². The van der Waals surface area contributed by atoms with Gasteiger partial charge in [-0.25, -0.2) is 9.37 Å². The number of hydrogen-bond donors (Lipinski definition) is 1. The summed E-state index contributed by atoms with van der Waals surface area (Å²) in [6, 6.07) is 18.6. The van der Waals surface area contributed by atoms with Crippen molar-refractivity contribution >= 4 is 34.3 Å². The van der Waals surface area contributed by atoms with Crippen LogP contribution in [0.1, 0.15) is 11.1 Å². The van der Waals surface area contributed by atoms with Gasteiger partial charge in [-0.15, -0.1) is 0 Å². The fraction of sp³-hybridized carbons (Fsp3) is 0.125. The molecule has 1 amide bonds. The van der Waals surface area contributed by atoms with Crippen molar-refractivity contribution in [2.45, 2.75) is 19.0 Å². The fourth-order valence-electron chi connectivity index (χ4n) is 3.19. The van der Waals surface area contributed by atoms with Crippen LogP contribution in [0.25, 0.3) is 16.6 Å². The van der Waals surface area contributed by atoms with Gasteiger partial charge in [0.1, 0.15) is 5.82 Å². The third kappa shape index (κ3) is 4.51. The van der Waals surface area contributed by atoms with Crippen LogP contribution in [0, 0.1) is 19.7 Å². The summed E-state index contributed by atoms with van der Waals surface area (Å²) in [5.74, 6) is -0.721. The molecule has 0 aliphatic rings. The lowest BCUT2D eigenvalue weighted by molar-refractivity contribution is -0.113. The Kier molecular flexibility index (Phi) is 5.86. The van der Waals surface area contributed by atoms with Crippen molar-refractivity contribution in [3.63, 3.8) is 0 Å². The Morgan fingerprint density at radius 3 is 2.61 bits per heavy atom. The van der Waals surface area contributed by atoms with E-state index >= 15 is 0 Å². The number of nitrogens with zero attached hydrogens (tertiary/aromatic N) is 2. The molecule has 0 fully saturated rings. The minimum Gasteiger partial charge on any atom is -0.325 e. The average molecular weight is 434 g/mol. The van der Waals surface area contributed by atoms with Gasteiger partial charge >= 0.3 is 0 Å². The summed E-state index contributed by atoms with van der Waals surface area (Å²) in [5, 5.41) is 3.59. The number of nitrogens with one attached hydrogen (secondary N) is 1. The standard InChI is InChI=1S/C24H20FN3O2S/c1-15-10-11-19(12-16(15)2)28-23(30)20-8-3-4-9-21(20)27-24(28)31-14-22(29)26-18-7-5-6-17(25)13-18/h3-13H,14H2,1-2H3,(H,26,29). The average Bonchev–Trinajstić information content (AvgIpc) is 2.74. The van der Waals surface area contributed by atoms with E-state index in [-0.39, 0.29) is 17.2 Å². The molecule has 7 heteroatoms. The van der Waals surface area contributed by atoms with Gasteiger partial charge in [-0.1, -0.05) is 36.0 Å². The Morgan fingerprint density at radius 1 is 1.03 bits per heavy atom. The number of halogens is 1. The van der Waals surface area contributed by atoms with Gasteiger partial charge in [-0.2, -0.15) is 0 Å². The van der Waals surface area contributed by atoms with Gasteiger partial charge in [0.05, 0.1) is 22.3 Å². The van der Waals surface area contributed by atoms with E-state index < -0.39 is 5.82 Å². The molecular formula is C24H20FN3O2S. The number of fused-ring (bicyclic) bond motifs is 1. The van der Waals surface area contributed by atoms with Gasteiger partial charge in [0.25, 0.3) is 5.56 Å². The van der Waals surface area contributed by atoms with E-state index in [4.69, 9.17) is 0 Å². The molecule has 5 nitrogen and oxygen atoms in total. The van der Waals surface area contributed by atoms with E-state index in [1.807, 2.05) is 38.1 Å². The number of aromatic nitrogens is 2. The molecule has 0 bridgehead atoms. The Labute approximate surface area is 182 Å². The topological polar surface area (TPSA) is 64.0 Å². The molecule has 0 unspecified atom stereocenters. The zero-order chi connectivity index (χ0) is 22.0. The van der Waals surface area contributed by atoms with E-state index in [0.29, 0.717) is 27.4 Å². The number of hydrogen-bond acceptors (Lipinski definition) is 4. The summed E-state index contributed by atoms with van der Waals surface area (Å²) in [6.45, 7) is 3.99. The lowest BCUT2D eigenvalue weighted by Crippen LogP contribution is -2.23. The maximum absolute atomic E-state index is 13.4. The summed E-state index contributed by atoms with van der Waals surface area (Å²) in [7, 11) is 0. The number of para-hydroxylation sites is 1. The molecule has 1 heterocycles.